The van der Waals surface area contributed by atoms with Crippen LogP contribution in [0.3, 0.4) is 0 Å². The van der Waals surface area contributed by atoms with Crippen LogP contribution in [-0.2, 0) is 9.59 Å². The van der Waals surface area contributed by atoms with Crippen LogP contribution >= 0.6 is 0 Å². The fraction of sp³-hybridized carbons (Fsp3) is 0.652. The summed E-state index contributed by atoms with van der Waals surface area (Å²) in [5.74, 6) is 1.52. The number of urea groups is 1. The summed E-state index contributed by atoms with van der Waals surface area (Å²) in [4.78, 5) is 50.5. The lowest BCUT2D eigenvalue weighted by atomic mass is 9.52. The van der Waals surface area contributed by atoms with Gasteiger partial charge in [0.2, 0.25) is 0 Å². The van der Waals surface area contributed by atoms with Gasteiger partial charge in [-0.1, -0.05) is 6.07 Å². The van der Waals surface area contributed by atoms with Crippen molar-refractivity contribution in [2.24, 2.45) is 17.8 Å². The lowest BCUT2D eigenvalue weighted by molar-refractivity contribution is -0.150. The summed E-state index contributed by atoms with van der Waals surface area (Å²) < 4.78 is 0. The number of imide groups is 2. The van der Waals surface area contributed by atoms with Gasteiger partial charge in [-0.15, -0.1) is 0 Å². The molecule has 6 aliphatic rings. The van der Waals surface area contributed by atoms with Crippen LogP contribution in [0.1, 0.15) is 38.5 Å². The highest BCUT2D eigenvalue weighted by Gasteiger charge is 2.61. The second-order valence-electron chi connectivity index (χ2n) is 10.2. The number of aromatic nitrogens is 1. The Morgan fingerprint density at radius 3 is 2.10 bits per heavy atom. The first-order valence-electron chi connectivity index (χ1n) is 11.6. The summed E-state index contributed by atoms with van der Waals surface area (Å²) in [7, 11) is 0. The molecule has 31 heavy (non-hydrogen) atoms. The number of nitrogens with zero attached hydrogens (tertiary/aromatic N) is 5. The summed E-state index contributed by atoms with van der Waals surface area (Å²) in [6.45, 7) is 3.19. The summed E-state index contributed by atoms with van der Waals surface area (Å²) in [6, 6.07) is 5.48. The van der Waals surface area contributed by atoms with Crippen LogP contribution in [0.5, 0.6) is 0 Å². The number of carbonyl (C=O) groups excluding carboxylic acids is 3. The lowest BCUT2D eigenvalue weighted by Crippen LogP contribution is -2.62. The molecule has 4 aliphatic carbocycles. The third-order valence-corrected chi connectivity index (χ3v) is 8.22. The molecule has 4 amide bonds. The molecule has 8 nitrogen and oxygen atoms in total. The number of piperazine rings is 1. The molecule has 2 aliphatic heterocycles. The Labute approximate surface area is 182 Å². The third kappa shape index (κ3) is 3.06. The van der Waals surface area contributed by atoms with Gasteiger partial charge in [-0.3, -0.25) is 14.5 Å². The van der Waals surface area contributed by atoms with Crippen molar-refractivity contribution in [2.45, 2.75) is 44.1 Å². The predicted octanol–water partition coefficient (Wildman–Crippen LogP) is 1.92. The van der Waals surface area contributed by atoms with Gasteiger partial charge in [0.25, 0.3) is 0 Å². The number of amides is 4. The Morgan fingerprint density at radius 1 is 0.871 bits per heavy atom. The van der Waals surface area contributed by atoms with Gasteiger partial charge >= 0.3 is 17.8 Å². The zero-order valence-electron chi connectivity index (χ0n) is 17.8. The van der Waals surface area contributed by atoms with Crippen molar-refractivity contribution in [1.82, 2.24) is 19.7 Å². The molecule has 3 heterocycles. The molecule has 0 N–H and O–H groups in total. The van der Waals surface area contributed by atoms with Crippen molar-refractivity contribution in [3.05, 3.63) is 24.4 Å². The zero-order valence-corrected chi connectivity index (χ0v) is 17.8. The van der Waals surface area contributed by atoms with E-state index in [9.17, 15) is 14.4 Å². The molecule has 2 saturated heterocycles. The molecule has 0 aromatic carbocycles. The molecular formula is C23H29N5O3. The second kappa shape index (κ2) is 7.02. The summed E-state index contributed by atoms with van der Waals surface area (Å²) in [5.41, 5.74) is -0.412. The average molecular weight is 424 g/mol. The smallest absolute Gasteiger partial charge is 0.335 e. The standard InChI is InChI=1S/C23H29N5O3/c29-20-21(30)28(23-12-16-9-17(13-23)11-18(10-16)14-23)22(31)27(20)15-25-5-7-26(8-6-25)19-3-1-2-4-24-19/h1-4,16-18H,5-15H2. The predicted molar refractivity (Wildman–Crippen MR) is 113 cm³/mol. The first-order valence-corrected chi connectivity index (χ1v) is 11.6. The van der Waals surface area contributed by atoms with Crippen molar-refractivity contribution in [2.75, 3.05) is 37.7 Å². The first kappa shape index (κ1) is 19.2. The van der Waals surface area contributed by atoms with Crippen LogP contribution in [0.15, 0.2) is 24.4 Å². The van der Waals surface area contributed by atoms with E-state index < -0.39 is 17.4 Å². The molecule has 4 saturated carbocycles. The van der Waals surface area contributed by atoms with E-state index in [1.807, 2.05) is 18.2 Å². The van der Waals surface area contributed by atoms with Crippen molar-refractivity contribution < 1.29 is 14.4 Å². The van der Waals surface area contributed by atoms with Gasteiger partial charge in [0.15, 0.2) is 0 Å². The molecular weight excluding hydrogens is 394 g/mol. The third-order valence-electron chi connectivity index (χ3n) is 8.22. The van der Waals surface area contributed by atoms with Gasteiger partial charge in [0.1, 0.15) is 5.82 Å². The molecule has 6 fully saturated rings. The van der Waals surface area contributed by atoms with Crippen LogP contribution in [0, 0.1) is 17.8 Å². The zero-order chi connectivity index (χ0) is 21.2. The molecule has 0 spiro atoms. The van der Waals surface area contributed by atoms with Crippen LogP contribution in [0.4, 0.5) is 10.6 Å². The molecule has 8 heteroatoms. The highest BCUT2D eigenvalue weighted by atomic mass is 16.2. The van der Waals surface area contributed by atoms with Crippen molar-refractivity contribution in [3.63, 3.8) is 0 Å². The number of hydrogen-bond acceptors (Lipinski definition) is 6. The molecule has 4 bridgehead atoms. The number of rotatable bonds is 4. The molecule has 0 unspecified atom stereocenters. The Hall–Kier alpha value is -2.48. The normalized spacial score (nSPS) is 35.5. The van der Waals surface area contributed by atoms with Gasteiger partial charge in [-0.25, -0.2) is 19.6 Å². The topological polar surface area (TPSA) is 77.1 Å². The molecule has 164 valence electrons. The van der Waals surface area contributed by atoms with Gasteiger partial charge in [-0.05, 0) is 68.4 Å². The summed E-state index contributed by atoms with van der Waals surface area (Å²) in [5, 5.41) is 0. The number of anilines is 1. The Balaban J connectivity index is 1.15. The van der Waals surface area contributed by atoms with Gasteiger partial charge < -0.3 is 4.90 Å². The van der Waals surface area contributed by atoms with Gasteiger partial charge in [0, 0.05) is 32.4 Å². The Kier molecular flexibility index (Phi) is 4.35. The van der Waals surface area contributed by atoms with E-state index in [4.69, 9.17) is 0 Å². The SMILES string of the molecule is O=C1C(=O)N(C23CC4CC(CC(C4)C2)C3)C(=O)N1CN1CCN(c2ccccn2)CC1. The van der Waals surface area contributed by atoms with E-state index in [1.165, 1.54) is 29.1 Å². The Bertz CT molecular complexity index is 876. The largest absolute Gasteiger partial charge is 0.354 e. The minimum Gasteiger partial charge on any atom is -0.354 e. The van der Waals surface area contributed by atoms with Crippen molar-refractivity contribution in [3.8, 4) is 0 Å². The monoisotopic (exact) mass is 423 g/mol. The maximum absolute atomic E-state index is 13.4. The van der Waals surface area contributed by atoms with E-state index in [-0.39, 0.29) is 12.7 Å². The van der Waals surface area contributed by atoms with E-state index in [0.29, 0.717) is 17.8 Å². The van der Waals surface area contributed by atoms with E-state index >= 15 is 0 Å². The molecule has 0 atom stereocenters. The fourth-order valence-electron chi connectivity index (χ4n) is 7.25. The maximum atomic E-state index is 13.4. The van der Waals surface area contributed by atoms with E-state index in [1.54, 1.807) is 6.20 Å². The first-order chi connectivity index (χ1) is 15.0. The van der Waals surface area contributed by atoms with Gasteiger partial charge in [0.05, 0.1) is 12.2 Å². The lowest BCUT2D eigenvalue weighted by Gasteiger charge is -2.58. The Morgan fingerprint density at radius 2 is 1.52 bits per heavy atom. The van der Waals surface area contributed by atoms with Crippen LogP contribution in [0.25, 0.3) is 0 Å². The average Bonchev–Trinajstić information content (AvgIpc) is 2.97. The number of hydrogen-bond donors (Lipinski definition) is 0. The quantitative estimate of drug-likeness (QED) is 0.544. The summed E-state index contributed by atoms with van der Waals surface area (Å²) in [6.07, 6.45) is 8.14. The fourth-order valence-corrected chi connectivity index (χ4v) is 7.25. The molecule has 1 aromatic heterocycles. The van der Waals surface area contributed by atoms with Crippen molar-refractivity contribution in [1.29, 1.82) is 0 Å². The minimum atomic E-state index is -0.645. The number of carbonyl (C=O) groups is 3. The van der Waals surface area contributed by atoms with Crippen LogP contribution in [0.2, 0.25) is 0 Å². The van der Waals surface area contributed by atoms with Gasteiger partial charge in [-0.2, -0.15) is 0 Å². The molecule has 7 rings (SSSR count). The minimum absolute atomic E-state index is 0.197. The molecule has 1 aromatic rings. The van der Waals surface area contributed by atoms with E-state index in [0.717, 1.165) is 51.3 Å². The maximum Gasteiger partial charge on any atom is 0.335 e. The number of pyridine rings is 1. The van der Waals surface area contributed by atoms with Crippen molar-refractivity contribution >= 4 is 23.7 Å². The highest BCUT2D eigenvalue weighted by molar-refractivity contribution is 6.44. The van der Waals surface area contributed by atoms with Crippen LogP contribution < -0.4 is 4.90 Å². The summed E-state index contributed by atoms with van der Waals surface area (Å²) >= 11 is 0. The highest BCUT2D eigenvalue weighted by Crippen LogP contribution is 2.58. The van der Waals surface area contributed by atoms with E-state index in [2.05, 4.69) is 14.8 Å². The molecule has 0 radical (unpaired) electrons. The van der Waals surface area contributed by atoms with Crippen LogP contribution in [-0.4, -0.2) is 75.9 Å². The second-order valence-corrected chi connectivity index (χ2v) is 10.2.